The Morgan fingerprint density at radius 3 is 2.68 bits per heavy atom. The van der Waals surface area contributed by atoms with Crippen LogP contribution in [0, 0.1) is 5.82 Å². The number of carbonyl (C=O) groups excluding carboxylic acids is 2. The second kappa shape index (κ2) is 7.57. The molecule has 2 heterocycles. The van der Waals surface area contributed by atoms with Crippen molar-refractivity contribution in [3.63, 3.8) is 0 Å². The molecule has 3 rings (SSSR count). The van der Waals surface area contributed by atoms with Gasteiger partial charge in [-0.1, -0.05) is 24.3 Å². The number of rotatable bonds is 6. The highest BCUT2D eigenvalue weighted by atomic mass is 19.1. The molecule has 0 saturated heterocycles. The first-order chi connectivity index (χ1) is 12.1. The summed E-state index contributed by atoms with van der Waals surface area (Å²) in [6.07, 6.45) is 2.13. The fraction of sp³-hybridized carbons (Fsp3) is 0.167. The van der Waals surface area contributed by atoms with Gasteiger partial charge < -0.3 is 10.6 Å². The van der Waals surface area contributed by atoms with Crippen LogP contribution in [0.4, 0.5) is 4.39 Å². The van der Waals surface area contributed by atoms with Crippen molar-refractivity contribution in [3.8, 4) is 0 Å². The Kier molecular flexibility index (Phi) is 5.03. The Morgan fingerprint density at radius 2 is 1.88 bits per heavy atom. The Balaban J connectivity index is 1.45. The van der Waals surface area contributed by atoms with E-state index in [0.29, 0.717) is 18.5 Å². The van der Waals surface area contributed by atoms with E-state index in [0.717, 1.165) is 5.52 Å². The van der Waals surface area contributed by atoms with Crippen LogP contribution in [0.1, 0.15) is 16.1 Å². The van der Waals surface area contributed by atoms with Crippen molar-refractivity contribution in [1.82, 2.24) is 20.2 Å². The van der Waals surface area contributed by atoms with E-state index >= 15 is 0 Å². The van der Waals surface area contributed by atoms with Gasteiger partial charge in [-0.15, -0.1) is 0 Å². The minimum atomic E-state index is -0.423. The molecule has 2 aromatic heterocycles. The highest BCUT2D eigenvalue weighted by Crippen LogP contribution is 2.06. The van der Waals surface area contributed by atoms with Gasteiger partial charge in [0.15, 0.2) is 5.69 Å². The Morgan fingerprint density at radius 1 is 1.08 bits per heavy atom. The first kappa shape index (κ1) is 16.6. The molecule has 2 N–H and O–H groups in total. The van der Waals surface area contributed by atoms with Gasteiger partial charge in [0.1, 0.15) is 5.82 Å². The second-order valence-electron chi connectivity index (χ2n) is 5.47. The Bertz CT molecular complexity index is 874. The third-order valence-corrected chi connectivity index (χ3v) is 3.69. The lowest BCUT2D eigenvalue weighted by Gasteiger charge is -2.06. The van der Waals surface area contributed by atoms with Crippen LogP contribution in [-0.4, -0.2) is 34.5 Å². The van der Waals surface area contributed by atoms with Gasteiger partial charge in [0.05, 0.1) is 12.1 Å². The zero-order chi connectivity index (χ0) is 17.6. The minimum absolute atomic E-state index is 0.163. The summed E-state index contributed by atoms with van der Waals surface area (Å²) in [6, 6.07) is 13.6. The second-order valence-corrected chi connectivity index (χ2v) is 5.47. The van der Waals surface area contributed by atoms with Gasteiger partial charge in [0, 0.05) is 12.7 Å². The lowest BCUT2D eigenvalue weighted by atomic mass is 10.1. The van der Waals surface area contributed by atoms with E-state index in [1.807, 2.05) is 18.2 Å². The van der Waals surface area contributed by atoms with Crippen molar-refractivity contribution in [2.24, 2.45) is 0 Å². The molecule has 2 amide bonds. The molecule has 0 aliphatic carbocycles. The molecule has 0 bridgehead atoms. The van der Waals surface area contributed by atoms with Crippen LogP contribution in [0.5, 0.6) is 0 Å². The number of aromatic nitrogens is 2. The van der Waals surface area contributed by atoms with Gasteiger partial charge in [-0.05, 0) is 36.2 Å². The standard InChI is InChI=1S/C18H17FN4O2/c19-15-7-2-1-5-13(15)8-9-20-17(24)12-21-18(25)16-11-14-6-3-4-10-23(14)22-16/h1-7,10-11H,8-9,12H2,(H,20,24)(H,21,25). The fourth-order valence-electron chi connectivity index (χ4n) is 2.40. The number of nitrogens with zero attached hydrogens (tertiary/aromatic N) is 2. The number of benzene rings is 1. The molecule has 1 aromatic carbocycles. The minimum Gasteiger partial charge on any atom is -0.354 e. The van der Waals surface area contributed by atoms with E-state index in [4.69, 9.17) is 0 Å². The van der Waals surface area contributed by atoms with Crippen molar-refractivity contribution < 1.29 is 14.0 Å². The summed E-state index contributed by atoms with van der Waals surface area (Å²) in [4.78, 5) is 23.8. The molecule has 0 unspecified atom stereocenters. The largest absolute Gasteiger partial charge is 0.354 e. The topological polar surface area (TPSA) is 75.5 Å². The molecule has 0 aliphatic heterocycles. The number of halogens is 1. The maximum absolute atomic E-state index is 13.5. The molecule has 3 aromatic rings. The molecule has 25 heavy (non-hydrogen) atoms. The first-order valence-corrected chi connectivity index (χ1v) is 7.86. The van der Waals surface area contributed by atoms with Crippen LogP contribution in [0.2, 0.25) is 0 Å². The Hall–Kier alpha value is -3.22. The lowest BCUT2D eigenvalue weighted by Crippen LogP contribution is -2.37. The summed E-state index contributed by atoms with van der Waals surface area (Å²) >= 11 is 0. The first-order valence-electron chi connectivity index (χ1n) is 7.86. The SMILES string of the molecule is O=C(CNC(=O)c1cc2ccccn2n1)NCCc1ccccc1F. The van der Waals surface area contributed by atoms with Crippen LogP contribution in [0.25, 0.3) is 5.52 Å². The third kappa shape index (κ3) is 4.20. The molecule has 0 saturated carbocycles. The molecular formula is C18H17FN4O2. The summed E-state index contributed by atoms with van der Waals surface area (Å²) < 4.78 is 15.1. The van der Waals surface area contributed by atoms with Gasteiger partial charge in [-0.3, -0.25) is 9.59 Å². The van der Waals surface area contributed by atoms with Crippen molar-refractivity contribution in [2.45, 2.75) is 6.42 Å². The molecule has 128 valence electrons. The summed E-state index contributed by atoms with van der Waals surface area (Å²) in [5.74, 6) is -1.06. The smallest absolute Gasteiger partial charge is 0.272 e. The number of amides is 2. The fourth-order valence-corrected chi connectivity index (χ4v) is 2.40. The van der Waals surface area contributed by atoms with Crippen molar-refractivity contribution >= 4 is 17.3 Å². The number of fused-ring (bicyclic) bond motifs is 1. The van der Waals surface area contributed by atoms with E-state index in [2.05, 4.69) is 15.7 Å². The van der Waals surface area contributed by atoms with E-state index < -0.39 is 5.91 Å². The average molecular weight is 340 g/mol. The molecule has 0 aliphatic rings. The normalized spacial score (nSPS) is 10.6. The number of nitrogens with one attached hydrogen (secondary N) is 2. The summed E-state index contributed by atoms with van der Waals surface area (Å²) in [5, 5.41) is 9.30. The summed E-state index contributed by atoms with van der Waals surface area (Å²) in [5.41, 5.74) is 1.57. The van der Waals surface area contributed by atoms with Crippen LogP contribution in [0.15, 0.2) is 54.7 Å². The maximum atomic E-state index is 13.5. The van der Waals surface area contributed by atoms with Gasteiger partial charge in [0.2, 0.25) is 5.91 Å². The molecule has 0 fully saturated rings. The Labute approximate surface area is 143 Å². The van der Waals surface area contributed by atoms with E-state index in [1.54, 1.807) is 35.0 Å². The molecule has 0 radical (unpaired) electrons. The van der Waals surface area contributed by atoms with Crippen molar-refractivity contribution in [3.05, 3.63) is 71.8 Å². The third-order valence-electron chi connectivity index (χ3n) is 3.69. The zero-order valence-electron chi connectivity index (χ0n) is 13.4. The van der Waals surface area contributed by atoms with E-state index in [-0.39, 0.29) is 24.0 Å². The van der Waals surface area contributed by atoms with Crippen LogP contribution in [-0.2, 0) is 11.2 Å². The van der Waals surface area contributed by atoms with E-state index in [9.17, 15) is 14.0 Å². The molecule has 0 atom stereocenters. The number of pyridine rings is 1. The number of hydrogen-bond acceptors (Lipinski definition) is 3. The summed E-state index contributed by atoms with van der Waals surface area (Å²) in [6.45, 7) is 0.133. The van der Waals surface area contributed by atoms with Gasteiger partial charge in [-0.25, -0.2) is 8.91 Å². The number of carbonyl (C=O) groups is 2. The van der Waals surface area contributed by atoms with Gasteiger partial charge in [0.25, 0.3) is 5.91 Å². The highest BCUT2D eigenvalue weighted by molar-refractivity contribution is 5.95. The van der Waals surface area contributed by atoms with Gasteiger partial charge >= 0.3 is 0 Å². The molecule has 0 spiro atoms. The highest BCUT2D eigenvalue weighted by Gasteiger charge is 2.12. The van der Waals surface area contributed by atoms with Gasteiger partial charge in [-0.2, -0.15) is 5.10 Å². The lowest BCUT2D eigenvalue weighted by molar-refractivity contribution is -0.120. The van der Waals surface area contributed by atoms with Crippen LogP contribution >= 0.6 is 0 Å². The maximum Gasteiger partial charge on any atom is 0.272 e. The number of hydrogen-bond donors (Lipinski definition) is 2. The quantitative estimate of drug-likeness (QED) is 0.715. The predicted molar refractivity (Wildman–Crippen MR) is 90.6 cm³/mol. The van der Waals surface area contributed by atoms with Crippen molar-refractivity contribution in [1.29, 1.82) is 0 Å². The summed E-state index contributed by atoms with van der Waals surface area (Å²) in [7, 11) is 0. The molecule has 6 nitrogen and oxygen atoms in total. The monoisotopic (exact) mass is 340 g/mol. The molecular weight excluding hydrogens is 323 g/mol. The van der Waals surface area contributed by atoms with Crippen molar-refractivity contribution in [2.75, 3.05) is 13.1 Å². The zero-order valence-corrected chi connectivity index (χ0v) is 13.4. The van der Waals surface area contributed by atoms with E-state index in [1.165, 1.54) is 6.07 Å². The average Bonchev–Trinajstić information content (AvgIpc) is 3.05. The predicted octanol–water partition coefficient (Wildman–Crippen LogP) is 1.56. The molecule has 7 heteroatoms. The van der Waals surface area contributed by atoms with Crippen LogP contribution < -0.4 is 10.6 Å². The van der Waals surface area contributed by atoms with Crippen LogP contribution in [0.3, 0.4) is 0 Å².